The van der Waals surface area contributed by atoms with Crippen LogP contribution in [0.25, 0.3) is 5.69 Å². The van der Waals surface area contributed by atoms with E-state index in [2.05, 4.69) is 20.3 Å². The summed E-state index contributed by atoms with van der Waals surface area (Å²) < 4.78 is 1.87. The van der Waals surface area contributed by atoms with Crippen LogP contribution >= 0.6 is 24.0 Å². The molecule has 0 radical (unpaired) electrons. The van der Waals surface area contributed by atoms with E-state index in [0.29, 0.717) is 6.54 Å². The summed E-state index contributed by atoms with van der Waals surface area (Å²) >= 11 is 0. The van der Waals surface area contributed by atoms with E-state index >= 15 is 0 Å². The Morgan fingerprint density at radius 3 is 2.38 bits per heavy atom. The molecule has 26 heavy (non-hydrogen) atoms. The third kappa shape index (κ3) is 4.96. The lowest BCUT2D eigenvalue weighted by molar-refractivity contribution is -0.130. The van der Waals surface area contributed by atoms with Gasteiger partial charge in [0, 0.05) is 46.3 Å². The molecule has 8 heteroatoms. The number of nitrogens with zero attached hydrogens (tertiary/aromatic N) is 5. The minimum atomic E-state index is 0. The minimum Gasteiger partial charge on any atom is -0.351 e. The lowest BCUT2D eigenvalue weighted by Crippen LogP contribution is -2.53. The van der Waals surface area contributed by atoms with Crippen LogP contribution in [0.4, 0.5) is 0 Å². The van der Waals surface area contributed by atoms with Crippen LogP contribution in [0.3, 0.4) is 0 Å². The van der Waals surface area contributed by atoms with Crippen molar-refractivity contribution in [3.05, 3.63) is 48.3 Å². The molecule has 0 saturated carbocycles. The normalized spacial score (nSPS) is 14.8. The number of piperazine rings is 1. The first-order valence-corrected chi connectivity index (χ1v) is 8.48. The summed E-state index contributed by atoms with van der Waals surface area (Å²) in [5.41, 5.74) is 1.99. The van der Waals surface area contributed by atoms with Gasteiger partial charge in [-0.2, -0.15) is 5.10 Å². The molecule has 0 spiro atoms. The Morgan fingerprint density at radius 1 is 1.12 bits per heavy atom. The second-order valence-corrected chi connectivity index (χ2v) is 5.98. The Bertz CT molecular complexity index is 737. The Hall–Kier alpha value is -2.10. The van der Waals surface area contributed by atoms with Gasteiger partial charge < -0.3 is 15.1 Å². The maximum atomic E-state index is 11.4. The highest BCUT2D eigenvalue weighted by Crippen LogP contribution is 2.07. The maximum absolute atomic E-state index is 11.4. The lowest BCUT2D eigenvalue weighted by Gasteiger charge is -2.36. The summed E-state index contributed by atoms with van der Waals surface area (Å²) in [7, 11) is 1.78. The Balaban J connectivity index is 0.00000243. The largest absolute Gasteiger partial charge is 0.351 e. The van der Waals surface area contributed by atoms with Crippen molar-refractivity contribution in [2.45, 2.75) is 13.5 Å². The van der Waals surface area contributed by atoms with Crippen molar-refractivity contribution in [3.8, 4) is 5.69 Å². The van der Waals surface area contributed by atoms with Gasteiger partial charge in [-0.05, 0) is 18.2 Å². The summed E-state index contributed by atoms with van der Waals surface area (Å²) in [5.74, 6) is 0.978. The molecule has 1 fully saturated rings. The van der Waals surface area contributed by atoms with E-state index in [1.807, 2.05) is 52.2 Å². The molecule has 1 aromatic heterocycles. The van der Waals surface area contributed by atoms with E-state index < -0.39 is 0 Å². The third-order valence-corrected chi connectivity index (χ3v) is 4.33. The number of carbonyl (C=O) groups excluding carboxylic acids is 1. The van der Waals surface area contributed by atoms with Gasteiger partial charge in [-0.25, -0.2) is 4.68 Å². The molecule has 1 aliphatic rings. The van der Waals surface area contributed by atoms with E-state index in [1.165, 1.54) is 0 Å². The van der Waals surface area contributed by atoms with E-state index in [0.717, 1.165) is 43.5 Å². The molecule has 3 rings (SSSR count). The van der Waals surface area contributed by atoms with Gasteiger partial charge in [0.15, 0.2) is 5.96 Å². The molecule has 2 aromatic rings. The quantitative estimate of drug-likeness (QED) is 0.424. The number of benzene rings is 1. The minimum absolute atomic E-state index is 0. The molecule has 1 amide bonds. The van der Waals surface area contributed by atoms with Gasteiger partial charge in [-0.3, -0.25) is 9.79 Å². The highest BCUT2D eigenvalue weighted by atomic mass is 127. The van der Waals surface area contributed by atoms with Gasteiger partial charge in [-0.15, -0.1) is 24.0 Å². The number of nitrogens with one attached hydrogen (secondary N) is 1. The van der Waals surface area contributed by atoms with Crippen LogP contribution in [0.1, 0.15) is 12.6 Å². The zero-order valence-corrected chi connectivity index (χ0v) is 17.5. The van der Waals surface area contributed by atoms with Crippen LogP contribution in [0.2, 0.25) is 0 Å². The molecule has 0 aliphatic carbocycles. The van der Waals surface area contributed by atoms with Gasteiger partial charge in [-0.1, -0.05) is 18.2 Å². The van der Waals surface area contributed by atoms with Crippen molar-refractivity contribution in [1.29, 1.82) is 0 Å². The van der Waals surface area contributed by atoms with Gasteiger partial charge in [0.1, 0.15) is 0 Å². The fourth-order valence-electron chi connectivity index (χ4n) is 2.92. The second-order valence-electron chi connectivity index (χ2n) is 5.98. The number of amides is 1. The Kier molecular flexibility index (Phi) is 7.43. The van der Waals surface area contributed by atoms with Crippen LogP contribution in [0.15, 0.2) is 47.6 Å². The first kappa shape index (κ1) is 20.2. The highest BCUT2D eigenvalue weighted by Gasteiger charge is 2.20. The number of carbonyl (C=O) groups is 1. The number of aromatic nitrogens is 2. The first-order valence-electron chi connectivity index (χ1n) is 8.48. The van der Waals surface area contributed by atoms with Gasteiger partial charge >= 0.3 is 0 Å². The van der Waals surface area contributed by atoms with E-state index in [-0.39, 0.29) is 29.9 Å². The fourth-order valence-corrected chi connectivity index (χ4v) is 2.92. The summed E-state index contributed by atoms with van der Waals surface area (Å²) in [6.07, 6.45) is 1.96. The Morgan fingerprint density at radius 2 is 1.77 bits per heavy atom. The molecular weight excluding hydrogens is 443 g/mol. The predicted molar refractivity (Wildman–Crippen MR) is 113 cm³/mol. The molecule has 1 aromatic carbocycles. The number of aliphatic imine (C=N–C) groups is 1. The molecule has 2 heterocycles. The van der Waals surface area contributed by atoms with Crippen molar-refractivity contribution in [1.82, 2.24) is 24.9 Å². The standard InChI is InChI=1S/C18H24N6O.HI/c1-15(25)22-10-12-23(13-11-22)18(19-2)20-14-16-8-9-24(21-16)17-6-4-3-5-7-17;/h3-9H,10-14H2,1-2H3,(H,19,20);1H. The monoisotopic (exact) mass is 468 g/mol. The number of halogens is 1. The summed E-state index contributed by atoms with van der Waals surface area (Å²) in [6.45, 7) is 5.28. The molecule has 1 N–H and O–H groups in total. The molecule has 140 valence electrons. The SMILES string of the molecule is CN=C(NCc1ccn(-c2ccccc2)n1)N1CCN(C(C)=O)CC1.I. The zero-order chi connectivity index (χ0) is 17.6. The van der Waals surface area contributed by atoms with Crippen LogP contribution in [-0.2, 0) is 11.3 Å². The average molecular weight is 468 g/mol. The molecular formula is C18H25IN6O. The number of guanidine groups is 1. The van der Waals surface area contributed by atoms with Gasteiger partial charge in [0.05, 0.1) is 17.9 Å². The van der Waals surface area contributed by atoms with E-state index in [4.69, 9.17) is 0 Å². The molecule has 1 aliphatic heterocycles. The smallest absolute Gasteiger partial charge is 0.219 e. The highest BCUT2D eigenvalue weighted by molar-refractivity contribution is 14.0. The van der Waals surface area contributed by atoms with Crippen molar-refractivity contribution in [3.63, 3.8) is 0 Å². The van der Waals surface area contributed by atoms with E-state index in [9.17, 15) is 4.79 Å². The van der Waals surface area contributed by atoms with Crippen molar-refractivity contribution >= 4 is 35.8 Å². The summed E-state index contributed by atoms with van der Waals surface area (Å²) in [6, 6.07) is 12.0. The lowest BCUT2D eigenvalue weighted by atomic mass is 10.3. The van der Waals surface area contributed by atoms with Crippen molar-refractivity contribution in [2.24, 2.45) is 4.99 Å². The maximum Gasteiger partial charge on any atom is 0.219 e. The first-order chi connectivity index (χ1) is 12.2. The van der Waals surface area contributed by atoms with Crippen molar-refractivity contribution in [2.75, 3.05) is 33.2 Å². The van der Waals surface area contributed by atoms with Gasteiger partial charge in [0.25, 0.3) is 0 Å². The van der Waals surface area contributed by atoms with E-state index in [1.54, 1.807) is 14.0 Å². The molecule has 1 saturated heterocycles. The number of hydrogen-bond acceptors (Lipinski definition) is 3. The van der Waals surface area contributed by atoms with Gasteiger partial charge in [0.2, 0.25) is 5.91 Å². The van der Waals surface area contributed by atoms with Crippen molar-refractivity contribution < 1.29 is 4.79 Å². The van der Waals surface area contributed by atoms with Crippen LogP contribution < -0.4 is 5.32 Å². The predicted octanol–water partition coefficient (Wildman–Crippen LogP) is 1.73. The summed E-state index contributed by atoms with van der Waals surface area (Å²) in [4.78, 5) is 19.8. The number of para-hydroxylation sites is 1. The average Bonchev–Trinajstić information content (AvgIpc) is 3.12. The summed E-state index contributed by atoms with van der Waals surface area (Å²) in [5, 5.41) is 7.96. The second kappa shape index (κ2) is 9.56. The zero-order valence-electron chi connectivity index (χ0n) is 15.1. The van der Waals surface area contributed by atoms with Crippen LogP contribution in [0.5, 0.6) is 0 Å². The van der Waals surface area contributed by atoms with Crippen LogP contribution in [-0.4, -0.2) is 64.7 Å². The molecule has 0 atom stereocenters. The fraction of sp³-hybridized carbons (Fsp3) is 0.389. The Labute approximate surface area is 171 Å². The number of hydrogen-bond donors (Lipinski definition) is 1. The molecule has 7 nitrogen and oxygen atoms in total. The topological polar surface area (TPSA) is 65.8 Å². The molecule has 0 unspecified atom stereocenters. The molecule has 0 bridgehead atoms. The number of rotatable bonds is 3. The van der Waals surface area contributed by atoms with Crippen LogP contribution in [0, 0.1) is 0 Å². The third-order valence-electron chi connectivity index (χ3n) is 4.33.